The van der Waals surface area contributed by atoms with E-state index in [0.717, 1.165) is 38.0 Å². The monoisotopic (exact) mass is 433 g/mol. The number of epoxide rings is 1. The Morgan fingerprint density at radius 1 is 1.23 bits per heavy atom. The summed E-state index contributed by atoms with van der Waals surface area (Å²) in [6.07, 6.45) is 8.72. The van der Waals surface area contributed by atoms with Gasteiger partial charge in [0.05, 0.1) is 23.0 Å². The van der Waals surface area contributed by atoms with Gasteiger partial charge >= 0.3 is 6.29 Å². The van der Waals surface area contributed by atoms with E-state index in [2.05, 4.69) is 11.2 Å². The highest BCUT2D eigenvalue weighted by atomic mass is 32.2. The summed E-state index contributed by atoms with van der Waals surface area (Å²) in [5, 5.41) is 0. The summed E-state index contributed by atoms with van der Waals surface area (Å²) in [4.78, 5) is 25.3. The summed E-state index contributed by atoms with van der Waals surface area (Å²) < 4.78 is 36.9. The molecule has 1 aromatic carbocycles. The minimum absolute atomic E-state index is 0.0819. The number of benzene rings is 1. The van der Waals surface area contributed by atoms with E-state index >= 15 is 0 Å². The molecule has 7 nitrogen and oxygen atoms in total. The van der Waals surface area contributed by atoms with Crippen LogP contribution in [0.5, 0.6) is 0 Å². The number of carbonyl (C=O) groups is 1. The molecule has 4 atom stereocenters. The predicted molar refractivity (Wildman–Crippen MR) is 107 cm³/mol. The van der Waals surface area contributed by atoms with Crippen LogP contribution in [-0.2, 0) is 24.4 Å². The van der Waals surface area contributed by atoms with Crippen molar-refractivity contribution in [1.82, 2.24) is 4.90 Å². The minimum atomic E-state index is -4.27. The first-order valence-corrected chi connectivity index (χ1v) is 12.0. The highest BCUT2D eigenvalue weighted by molar-refractivity contribution is 7.85. The molecule has 0 bridgehead atoms. The molecular weight excluding hydrogens is 406 g/mol. The number of hydrogen-bond donors (Lipinski definition) is 0. The van der Waals surface area contributed by atoms with E-state index in [1.54, 1.807) is 12.1 Å². The normalized spacial score (nSPS) is 34.5. The number of nitrogens with zero attached hydrogens (tertiary/aromatic N) is 1. The zero-order valence-electron chi connectivity index (χ0n) is 17.1. The summed E-state index contributed by atoms with van der Waals surface area (Å²) in [5.74, 6) is 0.926. The molecule has 2 spiro atoms. The molecule has 1 aliphatic carbocycles. The zero-order chi connectivity index (χ0) is 21.6. The second-order valence-corrected chi connectivity index (χ2v) is 10.3. The van der Waals surface area contributed by atoms with Crippen molar-refractivity contribution in [2.45, 2.75) is 67.9 Å². The lowest BCUT2D eigenvalue weighted by Gasteiger charge is -2.53. The molecule has 30 heavy (non-hydrogen) atoms. The van der Waals surface area contributed by atoms with Crippen molar-refractivity contribution in [2.24, 2.45) is 11.8 Å². The molecule has 8 heteroatoms. The second kappa shape index (κ2) is 7.68. The fourth-order valence-electron chi connectivity index (χ4n) is 5.94. The topological polar surface area (TPSA) is 107 Å². The molecule has 0 radical (unpaired) electrons. The zero-order valence-corrected chi connectivity index (χ0v) is 17.9. The fourth-order valence-corrected chi connectivity index (χ4v) is 6.41. The van der Waals surface area contributed by atoms with Crippen LogP contribution < -0.4 is 0 Å². The van der Waals surface area contributed by atoms with Crippen LogP contribution in [0.2, 0.25) is 0 Å². The quantitative estimate of drug-likeness (QED) is 0.411. The maximum Gasteiger partial charge on any atom is 0.506 e. The third kappa shape index (κ3) is 3.56. The van der Waals surface area contributed by atoms with E-state index in [4.69, 9.17) is 4.74 Å². The molecule has 5 rings (SSSR count). The number of amides is 1. The van der Waals surface area contributed by atoms with E-state index in [1.807, 2.05) is 6.92 Å². The van der Waals surface area contributed by atoms with Gasteiger partial charge in [0.25, 0.3) is 0 Å². The maximum absolute atomic E-state index is 12.3. The third-order valence-electron chi connectivity index (χ3n) is 7.42. The summed E-state index contributed by atoms with van der Waals surface area (Å²) in [7, 11) is -4.27. The van der Waals surface area contributed by atoms with Crippen LogP contribution >= 0.6 is 0 Å². The molecule has 0 aromatic heterocycles. The molecule has 4 aliphatic rings. The van der Waals surface area contributed by atoms with E-state index in [0.29, 0.717) is 24.7 Å². The highest BCUT2D eigenvalue weighted by Gasteiger charge is 2.70. The maximum atomic E-state index is 12.3. The van der Waals surface area contributed by atoms with Crippen LogP contribution in [-0.4, -0.2) is 54.4 Å². The molecule has 1 amide bonds. The Labute approximate surface area is 177 Å². The Morgan fingerprint density at radius 3 is 2.53 bits per heavy atom. The molecule has 0 N–H and O–H groups in total. The van der Waals surface area contributed by atoms with Gasteiger partial charge in [-0.3, -0.25) is 4.79 Å². The van der Waals surface area contributed by atoms with Gasteiger partial charge in [0, 0.05) is 17.8 Å². The molecular formula is C22H27NO6S. The van der Waals surface area contributed by atoms with Crippen molar-refractivity contribution in [2.75, 3.05) is 13.2 Å². The molecule has 3 aliphatic heterocycles. The Hall–Kier alpha value is -1.86. The summed E-state index contributed by atoms with van der Waals surface area (Å²) in [6, 6.07) is 5.78. The minimum Gasteiger partial charge on any atom is -0.744 e. The van der Waals surface area contributed by atoms with Crippen molar-refractivity contribution >= 4 is 22.3 Å². The first kappa shape index (κ1) is 21.4. The van der Waals surface area contributed by atoms with Crippen molar-refractivity contribution in [1.29, 1.82) is 0 Å². The number of ether oxygens (including phenoxy) is 1. The Balaban J connectivity index is 0.000000170. The van der Waals surface area contributed by atoms with Crippen molar-refractivity contribution < 1.29 is 27.3 Å². The summed E-state index contributed by atoms with van der Waals surface area (Å²) in [6.45, 7) is 3.42. The SMILES string of the molecule is Cc1ccc(S(=O)(=O)[O-])cc1.O=[C+]C[C@H]1C23CCCC[C@H]2CC(=O)N3CC[C@]12CO2. The smallest absolute Gasteiger partial charge is 0.506 e. The Morgan fingerprint density at radius 2 is 1.93 bits per heavy atom. The molecule has 3 heterocycles. The largest absolute Gasteiger partial charge is 0.744 e. The molecule has 1 saturated carbocycles. The summed E-state index contributed by atoms with van der Waals surface area (Å²) in [5.41, 5.74) is 0.743. The predicted octanol–water partition coefficient (Wildman–Crippen LogP) is 2.34. The van der Waals surface area contributed by atoms with Gasteiger partial charge in [0.2, 0.25) is 12.3 Å². The van der Waals surface area contributed by atoms with Crippen LogP contribution in [0.15, 0.2) is 29.2 Å². The lowest BCUT2D eigenvalue weighted by molar-refractivity contribution is -0.140. The molecule has 3 saturated heterocycles. The fraction of sp³-hybridized carbons (Fsp3) is 0.636. The molecule has 4 fully saturated rings. The van der Waals surface area contributed by atoms with Crippen LogP contribution in [0.25, 0.3) is 0 Å². The highest BCUT2D eigenvalue weighted by Crippen LogP contribution is 2.60. The number of rotatable bonds is 3. The van der Waals surface area contributed by atoms with Gasteiger partial charge < -0.3 is 14.2 Å². The van der Waals surface area contributed by atoms with Gasteiger partial charge in [-0.1, -0.05) is 30.5 Å². The van der Waals surface area contributed by atoms with Crippen LogP contribution in [0, 0.1) is 18.8 Å². The van der Waals surface area contributed by atoms with Crippen molar-refractivity contribution in [3.63, 3.8) is 0 Å². The Kier molecular flexibility index (Phi) is 5.47. The second-order valence-electron chi connectivity index (χ2n) is 8.96. The van der Waals surface area contributed by atoms with E-state index in [1.165, 1.54) is 25.0 Å². The average Bonchev–Trinajstić information content (AvgIpc) is 3.40. The van der Waals surface area contributed by atoms with Crippen molar-refractivity contribution in [3.8, 4) is 0 Å². The van der Waals surface area contributed by atoms with Crippen molar-refractivity contribution in [3.05, 3.63) is 29.8 Å². The number of hydrogen-bond acceptors (Lipinski definition) is 6. The van der Waals surface area contributed by atoms with Gasteiger partial charge in [0.15, 0.2) is 0 Å². The van der Waals surface area contributed by atoms with Gasteiger partial charge in [-0.2, -0.15) is 0 Å². The van der Waals surface area contributed by atoms with Gasteiger partial charge in [-0.25, -0.2) is 8.42 Å². The number of carbonyl (C=O) groups excluding carboxylic acids is 2. The molecule has 1 aromatic rings. The van der Waals surface area contributed by atoms with E-state index < -0.39 is 10.1 Å². The number of piperidine rings is 1. The average molecular weight is 434 g/mol. The van der Waals surface area contributed by atoms with Gasteiger partial charge in [0.1, 0.15) is 15.7 Å². The first-order valence-electron chi connectivity index (χ1n) is 10.5. The van der Waals surface area contributed by atoms with Crippen LogP contribution in [0.3, 0.4) is 0 Å². The first-order chi connectivity index (χ1) is 14.2. The Bertz CT molecular complexity index is 923. The summed E-state index contributed by atoms with van der Waals surface area (Å²) >= 11 is 0. The van der Waals surface area contributed by atoms with Gasteiger partial charge in [-0.05, 0) is 44.2 Å². The third-order valence-corrected chi connectivity index (χ3v) is 8.27. The lowest BCUT2D eigenvalue weighted by atomic mass is 9.59. The lowest BCUT2D eigenvalue weighted by Crippen LogP contribution is -2.64. The van der Waals surface area contributed by atoms with Gasteiger partial charge in [-0.15, -0.1) is 0 Å². The molecule has 1 unspecified atom stereocenters. The number of aryl methyl sites for hydroxylation is 1. The van der Waals surface area contributed by atoms with E-state index in [-0.39, 0.29) is 22.0 Å². The van der Waals surface area contributed by atoms with Crippen LogP contribution in [0.4, 0.5) is 0 Å². The van der Waals surface area contributed by atoms with E-state index in [9.17, 15) is 22.6 Å². The standard InChI is InChI=1S/C15H20NO3.C7H8O3S/c17-8-4-12-14(10-19-14)6-7-16-13(18)9-11-3-1-2-5-15(11,12)16;1-6-2-4-7(5-3-6)11(8,9)10/h11-12H,1-7,9-10H2;2-5H,1H3,(H,8,9,10)/q+1;/p-1/t11-,12+,14-,15?;/m0./s1. The van der Waals surface area contributed by atoms with Crippen LogP contribution in [0.1, 0.15) is 50.5 Å². The molecule has 162 valence electrons.